The lowest BCUT2D eigenvalue weighted by molar-refractivity contribution is 0.606. The van der Waals surface area contributed by atoms with Gasteiger partial charge in [0.15, 0.2) is 0 Å². The topological polar surface area (TPSA) is 43.8 Å². The Kier molecular flexibility index (Phi) is 3.45. The van der Waals surface area contributed by atoms with Crippen molar-refractivity contribution in [2.75, 3.05) is 6.54 Å². The van der Waals surface area contributed by atoms with E-state index in [1.807, 2.05) is 6.07 Å². The number of nitrogens with zero attached hydrogens (tertiary/aromatic N) is 2. The van der Waals surface area contributed by atoms with Crippen LogP contribution >= 0.6 is 11.6 Å². The normalized spacial score (nSPS) is 10.8. The van der Waals surface area contributed by atoms with E-state index in [9.17, 15) is 4.39 Å². The van der Waals surface area contributed by atoms with Crippen molar-refractivity contribution in [1.29, 1.82) is 0 Å². The standard InChI is InChI=1S/C12H13ClFN3/c1-8-10(13)7-17(16-8)12-9(5-6-15)3-2-4-11(12)14/h2-4,7H,5-6,15H2,1H3. The predicted molar refractivity (Wildman–Crippen MR) is 66.0 cm³/mol. The molecule has 2 N–H and O–H groups in total. The Morgan fingerprint density at radius 3 is 2.82 bits per heavy atom. The van der Waals surface area contributed by atoms with Gasteiger partial charge in [-0.1, -0.05) is 23.7 Å². The average Bonchev–Trinajstić information content (AvgIpc) is 2.59. The summed E-state index contributed by atoms with van der Waals surface area (Å²) in [5, 5.41) is 4.71. The van der Waals surface area contributed by atoms with Gasteiger partial charge in [0.05, 0.1) is 10.7 Å². The Balaban J connectivity index is 2.56. The Morgan fingerprint density at radius 2 is 2.24 bits per heavy atom. The van der Waals surface area contributed by atoms with Gasteiger partial charge in [-0.3, -0.25) is 0 Å². The van der Waals surface area contributed by atoms with Gasteiger partial charge in [0.2, 0.25) is 0 Å². The van der Waals surface area contributed by atoms with Gasteiger partial charge in [-0.2, -0.15) is 5.10 Å². The van der Waals surface area contributed by atoms with Crippen LogP contribution in [-0.2, 0) is 6.42 Å². The maximum Gasteiger partial charge on any atom is 0.149 e. The van der Waals surface area contributed by atoms with Gasteiger partial charge < -0.3 is 5.73 Å². The molecule has 0 unspecified atom stereocenters. The Bertz CT molecular complexity index is 517. The zero-order valence-corrected chi connectivity index (χ0v) is 10.2. The summed E-state index contributed by atoms with van der Waals surface area (Å²) in [7, 11) is 0. The number of rotatable bonds is 3. The fourth-order valence-electron chi connectivity index (χ4n) is 1.73. The van der Waals surface area contributed by atoms with E-state index in [0.717, 1.165) is 5.56 Å². The molecule has 1 aromatic carbocycles. The third kappa shape index (κ3) is 2.33. The van der Waals surface area contributed by atoms with E-state index in [4.69, 9.17) is 17.3 Å². The van der Waals surface area contributed by atoms with E-state index in [2.05, 4.69) is 5.10 Å². The monoisotopic (exact) mass is 253 g/mol. The molecule has 2 aromatic rings. The molecule has 1 heterocycles. The van der Waals surface area contributed by atoms with Gasteiger partial charge in [0, 0.05) is 6.20 Å². The molecule has 0 saturated carbocycles. The minimum atomic E-state index is -0.324. The van der Waals surface area contributed by atoms with Crippen LogP contribution in [0.1, 0.15) is 11.3 Å². The smallest absolute Gasteiger partial charge is 0.149 e. The minimum Gasteiger partial charge on any atom is -0.330 e. The SMILES string of the molecule is Cc1nn(-c2c(F)cccc2CCN)cc1Cl. The summed E-state index contributed by atoms with van der Waals surface area (Å²) in [6, 6.07) is 4.91. The number of aryl methyl sites for hydroxylation is 1. The fraction of sp³-hybridized carbons (Fsp3) is 0.250. The number of halogens is 2. The first-order valence-corrected chi connectivity index (χ1v) is 5.71. The van der Waals surface area contributed by atoms with Crippen LogP contribution in [0.4, 0.5) is 4.39 Å². The van der Waals surface area contributed by atoms with E-state index in [1.165, 1.54) is 10.7 Å². The molecule has 0 radical (unpaired) electrons. The van der Waals surface area contributed by atoms with Crippen molar-refractivity contribution in [3.8, 4) is 5.69 Å². The van der Waals surface area contributed by atoms with Crippen LogP contribution in [0.2, 0.25) is 5.02 Å². The second kappa shape index (κ2) is 4.85. The molecular formula is C12H13ClFN3. The third-order valence-electron chi connectivity index (χ3n) is 2.55. The Labute approximate surface area is 104 Å². The van der Waals surface area contributed by atoms with Crippen molar-refractivity contribution in [1.82, 2.24) is 9.78 Å². The van der Waals surface area contributed by atoms with Gasteiger partial charge in [-0.25, -0.2) is 9.07 Å². The van der Waals surface area contributed by atoms with Gasteiger partial charge in [-0.05, 0) is 31.5 Å². The number of aromatic nitrogens is 2. The molecule has 0 aliphatic heterocycles. The van der Waals surface area contributed by atoms with Crippen LogP contribution in [0, 0.1) is 12.7 Å². The van der Waals surface area contributed by atoms with E-state index in [0.29, 0.717) is 29.4 Å². The van der Waals surface area contributed by atoms with E-state index >= 15 is 0 Å². The lowest BCUT2D eigenvalue weighted by Gasteiger charge is -2.09. The molecule has 0 fully saturated rings. The van der Waals surface area contributed by atoms with E-state index < -0.39 is 0 Å². The summed E-state index contributed by atoms with van der Waals surface area (Å²) in [5.74, 6) is -0.324. The van der Waals surface area contributed by atoms with Gasteiger partial charge in [-0.15, -0.1) is 0 Å². The maximum atomic E-state index is 13.9. The molecule has 0 aliphatic rings. The van der Waals surface area contributed by atoms with E-state index in [-0.39, 0.29) is 5.82 Å². The molecule has 0 bridgehead atoms. The van der Waals surface area contributed by atoms with Crippen molar-refractivity contribution in [3.63, 3.8) is 0 Å². The third-order valence-corrected chi connectivity index (χ3v) is 2.92. The average molecular weight is 254 g/mol. The molecule has 0 saturated heterocycles. The highest BCUT2D eigenvalue weighted by molar-refractivity contribution is 6.31. The van der Waals surface area contributed by atoms with Crippen LogP contribution < -0.4 is 5.73 Å². The number of hydrogen-bond donors (Lipinski definition) is 1. The first-order valence-electron chi connectivity index (χ1n) is 5.33. The van der Waals surface area contributed by atoms with Gasteiger partial charge >= 0.3 is 0 Å². The second-order valence-corrected chi connectivity index (χ2v) is 4.20. The largest absolute Gasteiger partial charge is 0.330 e. The van der Waals surface area contributed by atoms with Crippen LogP contribution in [0.5, 0.6) is 0 Å². The van der Waals surface area contributed by atoms with Crippen LogP contribution in [0.15, 0.2) is 24.4 Å². The number of hydrogen-bond acceptors (Lipinski definition) is 2. The zero-order valence-electron chi connectivity index (χ0n) is 9.45. The van der Waals surface area contributed by atoms with Crippen molar-refractivity contribution < 1.29 is 4.39 Å². The molecule has 0 atom stereocenters. The van der Waals surface area contributed by atoms with Crippen molar-refractivity contribution in [2.24, 2.45) is 5.73 Å². The molecule has 1 aromatic heterocycles. The molecule has 5 heteroatoms. The first kappa shape index (κ1) is 12.1. The Morgan fingerprint density at radius 1 is 1.47 bits per heavy atom. The van der Waals surface area contributed by atoms with Crippen molar-refractivity contribution in [2.45, 2.75) is 13.3 Å². The van der Waals surface area contributed by atoms with E-state index in [1.54, 1.807) is 19.2 Å². The quantitative estimate of drug-likeness (QED) is 0.913. The lowest BCUT2D eigenvalue weighted by Crippen LogP contribution is -2.09. The summed E-state index contributed by atoms with van der Waals surface area (Å²) < 4.78 is 15.3. The summed E-state index contributed by atoms with van der Waals surface area (Å²) in [6.07, 6.45) is 2.21. The lowest BCUT2D eigenvalue weighted by atomic mass is 10.1. The molecule has 90 valence electrons. The number of para-hydroxylation sites is 1. The summed E-state index contributed by atoms with van der Waals surface area (Å²) in [6.45, 7) is 2.24. The molecule has 0 aliphatic carbocycles. The second-order valence-electron chi connectivity index (χ2n) is 3.79. The predicted octanol–water partition coefficient (Wildman–Crippen LogP) is 2.47. The van der Waals surface area contributed by atoms with Gasteiger partial charge in [0.25, 0.3) is 0 Å². The van der Waals surface area contributed by atoms with Crippen LogP contribution in [0.3, 0.4) is 0 Å². The first-order chi connectivity index (χ1) is 8.13. The molecule has 17 heavy (non-hydrogen) atoms. The number of benzene rings is 1. The van der Waals surface area contributed by atoms with Crippen molar-refractivity contribution >= 4 is 11.6 Å². The molecular weight excluding hydrogens is 241 g/mol. The molecule has 0 spiro atoms. The summed E-state index contributed by atoms with van der Waals surface area (Å²) >= 11 is 5.93. The number of nitrogens with two attached hydrogens (primary N) is 1. The molecule has 2 rings (SSSR count). The maximum absolute atomic E-state index is 13.9. The highest BCUT2D eigenvalue weighted by Crippen LogP contribution is 2.22. The zero-order chi connectivity index (χ0) is 12.4. The molecule has 3 nitrogen and oxygen atoms in total. The fourth-order valence-corrected chi connectivity index (χ4v) is 1.86. The molecule has 0 amide bonds. The van der Waals surface area contributed by atoms with Crippen LogP contribution in [-0.4, -0.2) is 16.3 Å². The van der Waals surface area contributed by atoms with Gasteiger partial charge in [0.1, 0.15) is 11.5 Å². The summed E-state index contributed by atoms with van der Waals surface area (Å²) in [5.41, 5.74) is 7.44. The minimum absolute atomic E-state index is 0.324. The highest BCUT2D eigenvalue weighted by atomic mass is 35.5. The summed E-state index contributed by atoms with van der Waals surface area (Å²) in [4.78, 5) is 0. The Hall–Kier alpha value is -1.39. The van der Waals surface area contributed by atoms with Crippen molar-refractivity contribution in [3.05, 3.63) is 46.5 Å². The highest BCUT2D eigenvalue weighted by Gasteiger charge is 2.12. The van der Waals surface area contributed by atoms with Crippen LogP contribution in [0.25, 0.3) is 5.69 Å².